The van der Waals surface area contributed by atoms with Gasteiger partial charge in [0.2, 0.25) is 4.96 Å². The van der Waals surface area contributed by atoms with E-state index in [0.717, 1.165) is 20.7 Å². The molecule has 0 atom stereocenters. The molecule has 1 N–H and O–H groups in total. The lowest BCUT2D eigenvalue weighted by Gasteiger charge is -1.99. The van der Waals surface area contributed by atoms with Crippen molar-refractivity contribution >= 4 is 43.8 Å². The summed E-state index contributed by atoms with van der Waals surface area (Å²) in [4.78, 5) is 0.696. The Kier molecular flexibility index (Phi) is 3.02. The third kappa shape index (κ3) is 2.06. The highest BCUT2D eigenvalue weighted by Crippen LogP contribution is 2.32. The molecule has 9 heteroatoms. The van der Waals surface area contributed by atoms with E-state index in [1.165, 1.54) is 11.3 Å². The Morgan fingerprint density at radius 2 is 2.10 bits per heavy atom. The predicted molar refractivity (Wildman–Crippen MR) is 84.4 cm³/mol. The Morgan fingerprint density at radius 3 is 2.86 bits per heavy atom. The maximum absolute atomic E-state index is 6.22. The predicted octanol–water partition coefficient (Wildman–Crippen LogP) is 3.66. The lowest BCUT2D eigenvalue weighted by atomic mass is 10.2. The Morgan fingerprint density at radius 1 is 1.24 bits per heavy atom. The Bertz CT molecular complexity index is 942. The van der Waals surface area contributed by atoms with E-state index in [-0.39, 0.29) is 0 Å². The molecule has 0 saturated carbocycles. The highest BCUT2D eigenvalue weighted by atomic mass is 79.9. The van der Waals surface area contributed by atoms with Gasteiger partial charge in [0.25, 0.3) is 0 Å². The zero-order valence-corrected chi connectivity index (χ0v) is 13.4. The minimum Gasteiger partial charge on any atom is -0.274 e. The summed E-state index contributed by atoms with van der Waals surface area (Å²) < 4.78 is 2.54. The molecule has 0 aliphatic carbocycles. The summed E-state index contributed by atoms with van der Waals surface area (Å²) in [6, 6.07) is 7.49. The SMILES string of the molecule is Clc1ccccc1-c1nnc2sc(-c3[nH]ncc3Br)nn12. The van der Waals surface area contributed by atoms with Crippen molar-refractivity contribution in [3.63, 3.8) is 0 Å². The fourth-order valence-corrected chi connectivity index (χ4v) is 3.53. The highest BCUT2D eigenvalue weighted by Gasteiger charge is 2.17. The van der Waals surface area contributed by atoms with E-state index < -0.39 is 0 Å². The van der Waals surface area contributed by atoms with Gasteiger partial charge in [0.15, 0.2) is 10.8 Å². The first-order chi connectivity index (χ1) is 10.2. The third-order valence-corrected chi connectivity index (χ3v) is 4.76. The molecule has 4 aromatic rings. The van der Waals surface area contributed by atoms with Crippen LogP contribution in [0.5, 0.6) is 0 Å². The molecule has 21 heavy (non-hydrogen) atoms. The molecule has 4 rings (SSSR count). The number of nitrogens with zero attached hydrogens (tertiary/aromatic N) is 5. The number of benzene rings is 1. The van der Waals surface area contributed by atoms with Crippen molar-refractivity contribution in [2.75, 3.05) is 0 Å². The van der Waals surface area contributed by atoms with Gasteiger partial charge < -0.3 is 0 Å². The summed E-state index contributed by atoms with van der Waals surface area (Å²) in [5, 5.41) is 21.1. The van der Waals surface area contributed by atoms with E-state index in [1.807, 2.05) is 24.3 Å². The van der Waals surface area contributed by atoms with Gasteiger partial charge in [-0.15, -0.1) is 10.2 Å². The molecule has 0 fully saturated rings. The molecule has 3 aromatic heterocycles. The van der Waals surface area contributed by atoms with Crippen molar-refractivity contribution in [3.05, 3.63) is 40.0 Å². The fraction of sp³-hybridized carbons (Fsp3) is 0. The number of hydrogen-bond acceptors (Lipinski definition) is 5. The smallest absolute Gasteiger partial charge is 0.235 e. The molecule has 1 aromatic carbocycles. The monoisotopic (exact) mass is 380 g/mol. The van der Waals surface area contributed by atoms with Crippen LogP contribution < -0.4 is 0 Å². The number of fused-ring (bicyclic) bond motifs is 1. The Labute approximate surface area is 135 Å². The van der Waals surface area contributed by atoms with Crippen molar-refractivity contribution in [3.8, 4) is 22.1 Å². The zero-order valence-electron chi connectivity index (χ0n) is 10.3. The summed E-state index contributed by atoms with van der Waals surface area (Å²) in [7, 11) is 0. The van der Waals surface area contributed by atoms with Gasteiger partial charge in [-0.05, 0) is 28.1 Å². The van der Waals surface area contributed by atoms with Gasteiger partial charge in [0.1, 0.15) is 5.69 Å². The van der Waals surface area contributed by atoms with Crippen LogP contribution in [0.1, 0.15) is 0 Å². The molecule has 0 radical (unpaired) electrons. The number of aromatic amines is 1. The second kappa shape index (κ2) is 4.90. The van der Waals surface area contributed by atoms with Gasteiger partial charge in [0, 0.05) is 5.56 Å². The first kappa shape index (κ1) is 12.9. The number of halogens is 2. The molecular formula is C12H6BrClN6S. The second-order valence-electron chi connectivity index (χ2n) is 4.20. The average molecular weight is 382 g/mol. The molecule has 6 nitrogen and oxygen atoms in total. The molecular weight excluding hydrogens is 376 g/mol. The van der Waals surface area contributed by atoms with E-state index in [2.05, 4.69) is 41.4 Å². The molecule has 0 saturated heterocycles. The van der Waals surface area contributed by atoms with Gasteiger partial charge in [-0.1, -0.05) is 35.1 Å². The minimum atomic E-state index is 0.615. The summed E-state index contributed by atoms with van der Waals surface area (Å²) >= 11 is 11.1. The van der Waals surface area contributed by atoms with Crippen molar-refractivity contribution in [2.45, 2.75) is 0 Å². The van der Waals surface area contributed by atoms with Gasteiger partial charge in [-0.2, -0.15) is 14.7 Å². The molecule has 0 unspecified atom stereocenters. The maximum atomic E-state index is 6.22. The molecule has 0 aliphatic heterocycles. The van der Waals surface area contributed by atoms with Crippen LogP contribution in [0, 0.1) is 0 Å². The maximum Gasteiger partial charge on any atom is 0.235 e. The Hall–Kier alpha value is -1.77. The van der Waals surface area contributed by atoms with Crippen LogP contribution in [0.2, 0.25) is 5.02 Å². The average Bonchev–Trinajstić information content (AvgIpc) is 3.14. The van der Waals surface area contributed by atoms with Crippen LogP contribution in [0.3, 0.4) is 0 Å². The largest absolute Gasteiger partial charge is 0.274 e. The van der Waals surface area contributed by atoms with Crippen molar-refractivity contribution in [1.82, 2.24) is 30.0 Å². The minimum absolute atomic E-state index is 0.615. The van der Waals surface area contributed by atoms with Gasteiger partial charge in [-0.3, -0.25) is 5.10 Å². The van der Waals surface area contributed by atoms with Crippen molar-refractivity contribution in [1.29, 1.82) is 0 Å². The third-order valence-electron chi connectivity index (χ3n) is 2.91. The number of aromatic nitrogens is 6. The van der Waals surface area contributed by atoms with Gasteiger partial charge in [-0.25, -0.2) is 0 Å². The number of nitrogens with one attached hydrogen (secondary N) is 1. The van der Waals surface area contributed by atoms with Crippen LogP contribution >= 0.6 is 38.9 Å². The molecule has 0 spiro atoms. The quantitative estimate of drug-likeness (QED) is 0.575. The summed E-state index contributed by atoms with van der Waals surface area (Å²) in [5.41, 5.74) is 1.61. The van der Waals surface area contributed by atoms with E-state index in [4.69, 9.17) is 11.6 Å². The van der Waals surface area contributed by atoms with Crippen LogP contribution in [0.15, 0.2) is 34.9 Å². The number of H-pyrrole nitrogens is 1. The highest BCUT2D eigenvalue weighted by molar-refractivity contribution is 9.10. The normalized spacial score (nSPS) is 11.3. The van der Waals surface area contributed by atoms with E-state index >= 15 is 0 Å². The lowest BCUT2D eigenvalue weighted by molar-refractivity contribution is 0.963. The summed E-state index contributed by atoms with van der Waals surface area (Å²) in [5.74, 6) is 0.619. The van der Waals surface area contributed by atoms with Crippen LogP contribution in [-0.4, -0.2) is 30.0 Å². The molecule has 0 bridgehead atoms. The first-order valence-corrected chi connectivity index (χ1v) is 7.89. The summed E-state index contributed by atoms with van der Waals surface area (Å²) in [6.45, 7) is 0. The Balaban J connectivity index is 1.91. The van der Waals surface area contributed by atoms with Crippen LogP contribution in [-0.2, 0) is 0 Å². The van der Waals surface area contributed by atoms with E-state index in [9.17, 15) is 0 Å². The topological polar surface area (TPSA) is 71.8 Å². The molecule has 0 amide bonds. The van der Waals surface area contributed by atoms with Gasteiger partial charge >= 0.3 is 0 Å². The fourth-order valence-electron chi connectivity index (χ4n) is 1.95. The van der Waals surface area contributed by atoms with E-state index in [1.54, 1.807) is 10.7 Å². The summed E-state index contributed by atoms with van der Waals surface area (Å²) in [6.07, 6.45) is 1.69. The van der Waals surface area contributed by atoms with Crippen molar-refractivity contribution < 1.29 is 0 Å². The van der Waals surface area contributed by atoms with E-state index in [0.29, 0.717) is 15.8 Å². The van der Waals surface area contributed by atoms with Crippen molar-refractivity contribution in [2.24, 2.45) is 0 Å². The lowest BCUT2D eigenvalue weighted by Crippen LogP contribution is -1.91. The number of hydrogen-bond donors (Lipinski definition) is 1. The molecule has 104 valence electrons. The standard InChI is InChI=1S/C12H6BrClN6S/c13-7-5-15-16-9(7)11-19-20-10(17-18-12(20)21-11)6-3-1-2-4-8(6)14/h1-5H,(H,15,16). The number of rotatable bonds is 2. The van der Waals surface area contributed by atoms with Gasteiger partial charge in [0.05, 0.1) is 15.7 Å². The molecule has 3 heterocycles. The zero-order chi connectivity index (χ0) is 14.4. The molecule has 0 aliphatic rings. The van der Waals surface area contributed by atoms with Crippen LogP contribution in [0.4, 0.5) is 0 Å². The van der Waals surface area contributed by atoms with Crippen LogP contribution in [0.25, 0.3) is 27.1 Å². The second-order valence-corrected chi connectivity index (χ2v) is 6.42. The first-order valence-electron chi connectivity index (χ1n) is 5.90.